The first-order valence-electron chi connectivity index (χ1n) is 8.27. The van der Waals surface area contributed by atoms with E-state index in [4.69, 9.17) is 10.4 Å². The number of thiophene rings is 1. The van der Waals surface area contributed by atoms with Gasteiger partial charge < -0.3 is 10.4 Å². The molecule has 0 saturated heterocycles. The Hall–Kier alpha value is -3.43. The number of hydrogen-bond acceptors (Lipinski definition) is 4. The number of rotatable bonds is 6. The lowest BCUT2D eigenvalue weighted by atomic mass is 10.0. The van der Waals surface area contributed by atoms with Crippen molar-refractivity contribution in [2.75, 3.05) is 5.32 Å². The molecule has 0 unspecified atom stereocenters. The number of anilines is 1. The first kappa shape index (κ1) is 18.4. The number of hydrogen-bond donors (Lipinski definition) is 2. The summed E-state index contributed by atoms with van der Waals surface area (Å²) in [6, 6.07) is 19.0. The average Bonchev–Trinajstić information content (AvgIpc) is 3.15. The van der Waals surface area contributed by atoms with E-state index in [2.05, 4.69) is 11.4 Å². The number of benzene rings is 2. The molecule has 0 radical (unpaired) electrons. The van der Waals surface area contributed by atoms with E-state index < -0.39 is 5.97 Å². The molecule has 0 aliphatic heterocycles. The van der Waals surface area contributed by atoms with Gasteiger partial charge in [0, 0.05) is 6.42 Å². The fourth-order valence-electron chi connectivity index (χ4n) is 2.68. The Morgan fingerprint density at radius 2 is 1.85 bits per heavy atom. The van der Waals surface area contributed by atoms with Crippen molar-refractivity contribution >= 4 is 28.9 Å². The number of nitrogens with zero attached hydrogens (tertiary/aromatic N) is 1. The highest BCUT2D eigenvalue weighted by atomic mass is 32.1. The van der Waals surface area contributed by atoms with Crippen LogP contribution in [0.25, 0.3) is 11.1 Å². The summed E-state index contributed by atoms with van der Waals surface area (Å²) in [7, 11) is 0. The Morgan fingerprint density at radius 3 is 2.56 bits per heavy atom. The monoisotopic (exact) mass is 376 g/mol. The van der Waals surface area contributed by atoms with Gasteiger partial charge in [0.2, 0.25) is 5.91 Å². The molecule has 0 fully saturated rings. The molecule has 134 valence electrons. The molecule has 0 bridgehead atoms. The van der Waals surface area contributed by atoms with Crippen molar-refractivity contribution in [2.24, 2.45) is 0 Å². The van der Waals surface area contributed by atoms with Crippen LogP contribution in [0, 0.1) is 11.3 Å². The van der Waals surface area contributed by atoms with E-state index in [1.165, 1.54) is 0 Å². The third-order valence-electron chi connectivity index (χ3n) is 4.05. The maximum Gasteiger partial charge on any atom is 0.348 e. The van der Waals surface area contributed by atoms with E-state index >= 15 is 0 Å². The molecule has 0 spiro atoms. The Kier molecular flexibility index (Phi) is 5.64. The van der Waals surface area contributed by atoms with Crippen molar-refractivity contribution in [1.29, 1.82) is 5.26 Å². The van der Waals surface area contributed by atoms with E-state index in [9.17, 15) is 9.59 Å². The summed E-state index contributed by atoms with van der Waals surface area (Å²) in [5, 5.41) is 22.4. The molecule has 2 N–H and O–H groups in total. The van der Waals surface area contributed by atoms with Crippen LogP contribution in [0.2, 0.25) is 0 Å². The van der Waals surface area contributed by atoms with Crippen LogP contribution >= 0.6 is 11.3 Å². The molecule has 0 aliphatic carbocycles. The van der Waals surface area contributed by atoms with Gasteiger partial charge in [0.25, 0.3) is 0 Å². The third-order valence-corrected chi connectivity index (χ3v) is 4.96. The summed E-state index contributed by atoms with van der Waals surface area (Å²) in [6.07, 6.45) is 0.815. The lowest BCUT2D eigenvalue weighted by Gasteiger charge is -2.06. The minimum atomic E-state index is -1.05. The van der Waals surface area contributed by atoms with Crippen LogP contribution in [-0.4, -0.2) is 17.0 Å². The second-order valence-electron chi connectivity index (χ2n) is 5.91. The summed E-state index contributed by atoms with van der Waals surface area (Å²) in [6.45, 7) is 0. The minimum Gasteiger partial charge on any atom is -0.477 e. The van der Waals surface area contributed by atoms with Gasteiger partial charge in [-0.2, -0.15) is 5.26 Å². The van der Waals surface area contributed by atoms with Gasteiger partial charge in [-0.1, -0.05) is 36.4 Å². The molecule has 1 heterocycles. The maximum atomic E-state index is 12.1. The summed E-state index contributed by atoms with van der Waals surface area (Å²) < 4.78 is 0. The van der Waals surface area contributed by atoms with Crippen molar-refractivity contribution in [3.63, 3.8) is 0 Å². The molecule has 1 amide bonds. The van der Waals surface area contributed by atoms with Gasteiger partial charge in [0.05, 0.1) is 17.3 Å². The highest BCUT2D eigenvalue weighted by Gasteiger charge is 2.13. The van der Waals surface area contributed by atoms with Crippen LogP contribution < -0.4 is 5.32 Å². The SMILES string of the molecule is N#Cc1cccc(-c2ccc(CCC(=O)Nc3ccsc3C(=O)O)cc2)c1. The van der Waals surface area contributed by atoms with Crippen molar-refractivity contribution in [1.82, 2.24) is 0 Å². The van der Waals surface area contributed by atoms with E-state index in [0.717, 1.165) is 28.0 Å². The van der Waals surface area contributed by atoms with Gasteiger partial charge in [-0.15, -0.1) is 11.3 Å². The summed E-state index contributed by atoms with van der Waals surface area (Å²) in [5.74, 6) is -1.27. The molecule has 27 heavy (non-hydrogen) atoms. The van der Waals surface area contributed by atoms with E-state index in [1.807, 2.05) is 42.5 Å². The molecular weight excluding hydrogens is 360 g/mol. The Bertz CT molecular complexity index is 1020. The highest BCUT2D eigenvalue weighted by Crippen LogP contribution is 2.23. The molecule has 6 heteroatoms. The normalized spacial score (nSPS) is 10.2. The maximum absolute atomic E-state index is 12.1. The van der Waals surface area contributed by atoms with Crippen LogP contribution in [-0.2, 0) is 11.2 Å². The van der Waals surface area contributed by atoms with Gasteiger partial charge in [-0.25, -0.2) is 4.79 Å². The molecule has 0 saturated carbocycles. The van der Waals surface area contributed by atoms with E-state index in [1.54, 1.807) is 17.5 Å². The zero-order chi connectivity index (χ0) is 19.2. The number of nitrogens with one attached hydrogen (secondary N) is 1. The van der Waals surface area contributed by atoms with Crippen LogP contribution in [0.3, 0.4) is 0 Å². The molecule has 2 aromatic carbocycles. The van der Waals surface area contributed by atoms with Crippen molar-refractivity contribution < 1.29 is 14.7 Å². The first-order valence-corrected chi connectivity index (χ1v) is 9.15. The molecule has 0 aliphatic rings. The predicted octanol–water partition coefficient (Wildman–Crippen LogP) is 4.56. The third kappa shape index (κ3) is 4.60. The van der Waals surface area contributed by atoms with Gasteiger partial charge in [0.1, 0.15) is 4.88 Å². The molecule has 3 rings (SSSR count). The standard InChI is InChI=1S/C21H16N2O3S/c22-13-15-2-1-3-17(12-15)16-7-4-14(5-8-16)6-9-19(24)23-18-10-11-27-20(18)21(25)26/h1-5,7-8,10-12H,6,9H2,(H,23,24)(H,25,26). The zero-order valence-corrected chi connectivity index (χ0v) is 15.1. The van der Waals surface area contributed by atoms with Gasteiger partial charge >= 0.3 is 5.97 Å². The largest absolute Gasteiger partial charge is 0.477 e. The van der Waals surface area contributed by atoms with Crippen molar-refractivity contribution in [3.8, 4) is 17.2 Å². The topological polar surface area (TPSA) is 90.2 Å². The van der Waals surface area contributed by atoms with Crippen LogP contribution in [0.15, 0.2) is 60.0 Å². The molecule has 0 atom stereocenters. The number of amides is 1. The number of aromatic carboxylic acids is 1. The molecule has 3 aromatic rings. The summed E-state index contributed by atoms with van der Waals surface area (Å²) in [4.78, 5) is 23.3. The number of carbonyl (C=O) groups excluding carboxylic acids is 1. The number of carbonyl (C=O) groups is 2. The zero-order valence-electron chi connectivity index (χ0n) is 14.3. The van der Waals surface area contributed by atoms with Crippen molar-refractivity contribution in [2.45, 2.75) is 12.8 Å². The van der Waals surface area contributed by atoms with Crippen LogP contribution in [0.1, 0.15) is 27.2 Å². The first-order chi connectivity index (χ1) is 13.1. The van der Waals surface area contributed by atoms with Crippen molar-refractivity contribution in [3.05, 3.63) is 76.0 Å². The predicted molar refractivity (Wildman–Crippen MR) is 105 cm³/mol. The van der Waals surface area contributed by atoms with E-state index in [0.29, 0.717) is 17.7 Å². The number of carboxylic acids is 1. The number of carboxylic acid groups (broad SMARTS) is 1. The van der Waals surface area contributed by atoms with Crippen LogP contribution in [0.5, 0.6) is 0 Å². The minimum absolute atomic E-state index is 0.132. The fourth-order valence-corrected chi connectivity index (χ4v) is 3.36. The summed E-state index contributed by atoms with van der Waals surface area (Å²) in [5.41, 5.74) is 3.93. The lowest BCUT2D eigenvalue weighted by Crippen LogP contribution is -2.13. The lowest BCUT2D eigenvalue weighted by molar-refractivity contribution is -0.116. The quantitative estimate of drug-likeness (QED) is 0.660. The second kappa shape index (κ2) is 8.30. The molecule has 5 nitrogen and oxygen atoms in total. The molecule has 1 aromatic heterocycles. The second-order valence-corrected chi connectivity index (χ2v) is 6.82. The number of nitriles is 1. The Morgan fingerprint density at radius 1 is 1.07 bits per heavy atom. The highest BCUT2D eigenvalue weighted by molar-refractivity contribution is 7.12. The Balaban J connectivity index is 1.60. The summed E-state index contributed by atoms with van der Waals surface area (Å²) >= 11 is 1.08. The smallest absolute Gasteiger partial charge is 0.348 e. The van der Waals surface area contributed by atoms with Gasteiger partial charge in [-0.3, -0.25) is 4.79 Å². The number of aryl methyl sites for hydroxylation is 1. The van der Waals surface area contributed by atoms with Gasteiger partial charge in [0.15, 0.2) is 0 Å². The molecular formula is C21H16N2O3S. The Labute approximate surface area is 160 Å². The fraction of sp³-hybridized carbons (Fsp3) is 0.0952. The average molecular weight is 376 g/mol. The van der Waals surface area contributed by atoms with Crippen LogP contribution in [0.4, 0.5) is 5.69 Å². The van der Waals surface area contributed by atoms with Gasteiger partial charge in [-0.05, 0) is 46.7 Å². The van der Waals surface area contributed by atoms with E-state index in [-0.39, 0.29) is 17.2 Å².